The van der Waals surface area contributed by atoms with Gasteiger partial charge in [-0.2, -0.15) is 0 Å². The quantitative estimate of drug-likeness (QED) is 0.515. The second kappa shape index (κ2) is 8.87. The SMILES string of the molecule is COCCCNC(=O)c1ccccc1CN1C(=O)C2(COc3cc4c(cc32)OCO4)c2ccccc21. The van der Waals surface area contributed by atoms with E-state index in [2.05, 4.69) is 5.32 Å². The molecule has 1 atom stereocenters. The van der Waals surface area contributed by atoms with Crippen LogP contribution >= 0.6 is 0 Å². The summed E-state index contributed by atoms with van der Waals surface area (Å²) in [6.45, 7) is 1.69. The third-order valence-corrected chi connectivity index (χ3v) is 7.04. The van der Waals surface area contributed by atoms with Crippen LogP contribution in [0.15, 0.2) is 60.7 Å². The fraction of sp³-hybridized carbons (Fsp3) is 0.286. The van der Waals surface area contributed by atoms with Crippen LogP contribution in [0.1, 0.15) is 33.5 Å². The van der Waals surface area contributed by atoms with Gasteiger partial charge in [-0.1, -0.05) is 36.4 Å². The van der Waals surface area contributed by atoms with Crippen molar-refractivity contribution in [2.75, 3.05) is 38.6 Å². The first-order valence-corrected chi connectivity index (χ1v) is 12.0. The third kappa shape index (κ3) is 3.40. The minimum atomic E-state index is -0.982. The lowest BCUT2D eigenvalue weighted by molar-refractivity contribution is -0.122. The van der Waals surface area contributed by atoms with Gasteiger partial charge in [-0.15, -0.1) is 0 Å². The van der Waals surface area contributed by atoms with Crippen LogP contribution in [0, 0.1) is 0 Å². The van der Waals surface area contributed by atoms with Crippen LogP contribution in [-0.2, 0) is 21.5 Å². The van der Waals surface area contributed by atoms with Crippen LogP contribution in [0.5, 0.6) is 17.2 Å². The van der Waals surface area contributed by atoms with E-state index in [0.717, 1.165) is 28.8 Å². The Morgan fingerprint density at radius 1 is 1.00 bits per heavy atom. The number of carbonyl (C=O) groups excluding carboxylic acids is 2. The molecule has 1 spiro atoms. The van der Waals surface area contributed by atoms with E-state index in [0.29, 0.717) is 36.0 Å². The minimum absolute atomic E-state index is 0.0865. The number of benzene rings is 3. The highest BCUT2D eigenvalue weighted by Gasteiger charge is 2.57. The molecule has 0 saturated carbocycles. The van der Waals surface area contributed by atoms with E-state index in [1.165, 1.54) is 0 Å². The molecule has 8 nitrogen and oxygen atoms in total. The highest BCUT2D eigenvalue weighted by atomic mass is 16.7. The van der Waals surface area contributed by atoms with Crippen LogP contribution in [-0.4, -0.2) is 45.5 Å². The largest absolute Gasteiger partial charge is 0.491 e. The molecule has 0 fully saturated rings. The maximum atomic E-state index is 14.2. The number of carbonyl (C=O) groups is 2. The summed E-state index contributed by atoms with van der Waals surface area (Å²) < 4.78 is 22.2. The standard InChI is InChI=1S/C28H26N2O6/c1-33-12-6-11-29-26(31)19-8-3-2-7-18(19)15-30-22-10-5-4-9-20(22)28(27(30)32)16-34-23-14-25-24(13-21(23)28)35-17-36-25/h2-5,7-10,13-14H,6,11-12,15-17H2,1H3,(H,29,31). The Morgan fingerprint density at radius 2 is 1.78 bits per heavy atom. The molecular formula is C28H26N2O6. The number of nitrogens with zero attached hydrogens (tertiary/aromatic N) is 1. The summed E-state index contributed by atoms with van der Waals surface area (Å²) in [5, 5.41) is 2.95. The van der Waals surface area contributed by atoms with E-state index < -0.39 is 5.41 Å². The topological polar surface area (TPSA) is 86.3 Å². The first kappa shape index (κ1) is 22.4. The predicted octanol–water partition coefficient (Wildman–Crippen LogP) is 3.41. The van der Waals surface area contributed by atoms with Crippen LogP contribution in [0.3, 0.4) is 0 Å². The van der Waals surface area contributed by atoms with E-state index >= 15 is 0 Å². The zero-order valence-electron chi connectivity index (χ0n) is 19.9. The predicted molar refractivity (Wildman–Crippen MR) is 132 cm³/mol. The minimum Gasteiger partial charge on any atom is -0.491 e. The van der Waals surface area contributed by atoms with Gasteiger partial charge in [0.05, 0.1) is 6.54 Å². The molecule has 36 heavy (non-hydrogen) atoms. The fourth-order valence-electron chi connectivity index (χ4n) is 5.29. The van der Waals surface area contributed by atoms with Crippen molar-refractivity contribution in [3.8, 4) is 17.2 Å². The third-order valence-electron chi connectivity index (χ3n) is 7.04. The van der Waals surface area contributed by atoms with Crippen molar-refractivity contribution >= 4 is 17.5 Å². The lowest BCUT2D eigenvalue weighted by Gasteiger charge is -2.24. The number of hydrogen-bond donors (Lipinski definition) is 1. The summed E-state index contributed by atoms with van der Waals surface area (Å²) in [4.78, 5) is 28.9. The number of fused-ring (bicyclic) bond motifs is 5. The van der Waals surface area contributed by atoms with E-state index in [-0.39, 0.29) is 31.8 Å². The van der Waals surface area contributed by atoms with Crippen LogP contribution in [0.25, 0.3) is 0 Å². The van der Waals surface area contributed by atoms with Gasteiger partial charge in [0.15, 0.2) is 11.5 Å². The summed E-state index contributed by atoms with van der Waals surface area (Å²) in [6, 6.07) is 18.8. The van der Waals surface area contributed by atoms with Crippen molar-refractivity contribution in [2.24, 2.45) is 0 Å². The Morgan fingerprint density at radius 3 is 2.64 bits per heavy atom. The monoisotopic (exact) mass is 486 g/mol. The lowest BCUT2D eigenvalue weighted by atomic mass is 9.77. The first-order valence-electron chi connectivity index (χ1n) is 12.0. The zero-order valence-corrected chi connectivity index (χ0v) is 19.9. The Kier molecular flexibility index (Phi) is 5.53. The van der Waals surface area contributed by atoms with Crippen molar-refractivity contribution in [1.82, 2.24) is 5.32 Å². The Hall–Kier alpha value is -4.04. The summed E-state index contributed by atoms with van der Waals surface area (Å²) in [5.41, 5.74) is 2.81. The molecule has 184 valence electrons. The van der Waals surface area contributed by atoms with Gasteiger partial charge in [-0.05, 0) is 35.7 Å². The van der Waals surface area contributed by atoms with Crippen molar-refractivity contribution in [2.45, 2.75) is 18.4 Å². The van der Waals surface area contributed by atoms with E-state index in [4.69, 9.17) is 18.9 Å². The average molecular weight is 487 g/mol. The highest BCUT2D eigenvalue weighted by Crippen LogP contribution is 2.55. The first-order chi connectivity index (χ1) is 17.6. The molecule has 0 bridgehead atoms. The molecule has 3 aliphatic rings. The molecule has 1 unspecified atom stereocenters. The molecule has 8 heteroatoms. The van der Waals surface area contributed by atoms with Gasteiger partial charge in [-0.25, -0.2) is 0 Å². The summed E-state index contributed by atoms with van der Waals surface area (Å²) in [7, 11) is 1.64. The normalized spacial score (nSPS) is 18.8. The molecule has 3 aliphatic heterocycles. The second-order valence-corrected chi connectivity index (χ2v) is 9.06. The fourth-order valence-corrected chi connectivity index (χ4v) is 5.29. The number of ether oxygens (including phenoxy) is 4. The number of methoxy groups -OCH3 is 1. The zero-order chi connectivity index (χ0) is 24.7. The van der Waals surface area contributed by atoms with Crippen molar-refractivity contribution in [1.29, 1.82) is 0 Å². The molecule has 2 amide bonds. The number of anilines is 1. The van der Waals surface area contributed by atoms with Gasteiger partial charge in [0.2, 0.25) is 12.7 Å². The Bertz CT molecular complexity index is 1360. The van der Waals surface area contributed by atoms with E-state index in [1.807, 2.05) is 48.5 Å². The molecule has 0 aromatic heterocycles. The summed E-state index contributed by atoms with van der Waals surface area (Å²) >= 11 is 0. The molecule has 6 rings (SSSR count). The molecule has 0 saturated heterocycles. The van der Waals surface area contributed by atoms with Crippen molar-refractivity contribution in [3.63, 3.8) is 0 Å². The molecule has 3 heterocycles. The van der Waals surface area contributed by atoms with Crippen molar-refractivity contribution < 1.29 is 28.5 Å². The highest BCUT2D eigenvalue weighted by molar-refractivity contribution is 6.11. The van der Waals surface area contributed by atoms with Crippen molar-refractivity contribution in [3.05, 3.63) is 82.9 Å². The van der Waals surface area contributed by atoms with E-state index in [1.54, 1.807) is 24.1 Å². The van der Waals surface area contributed by atoms with Gasteiger partial charge in [0.1, 0.15) is 17.8 Å². The summed E-state index contributed by atoms with van der Waals surface area (Å²) in [5.74, 6) is 1.60. The van der Waals surface area contributed by atoms with Gasteiger partial charge in [0, 0.05) is 43.1 Å². The van der Waals surface area contributed by atoms with Gasteiger partial charge < -0.3 is 29.2 Å². The molecule has 1 N–H and O–H groups in total. The molecule has 0 aliphatic carbocycles. The average Bonchev–Trinajstić information content (AvgIpc) is 3.58. The molecule has 3 aromatic carbocycles. The van der Waals surface area contributed by atoms with Crippen LogP contribution in [0.2, 0.25) is 0 Å². The Labute approximate surface area is 208 Å². The van der Waals surface area contributed by atoms with E-state index in [9.17, 15) is 9.59 Å². The molecule has 3 aromatic rings. The summed E-state index contributed by atoms with van der Waals surface area (Å²) in [6.07, 6.45) is 0.725. The van der Waals surface area contributed by atoms with Gasteiger partial charge in [-0.3, -0.25) is 9.59 Å². The maximum absolute atomic E-state index is 14.2. The van der Waals surface area contributed by atoms with Gasteiger partial charge >= 0.3 is 0 Å². The van der Waals surface area contributed by atoms with Crippen LogP contribution in [0.4, 0.5) is 5.69 Å². The van der Waals surface area contributed by atoms with Crippen LogP contribution < -0.4 is 24.4 Å². The molecule has 0 radical (unpaired) electrons. The maximum Gasteiger partial charge on any atom is 0.251 e. The number of rotatable bonds is 7. The number of amides is 2. The Balaban J connectivity index is 1.35. The van der Waals surface area contributed by atoms with Gasteiger partial charge in [0.25, 0.3) is 5.91 Å². The second-order valence-electron chi connectivity index (χ2n) is 9.06. The number of hydrogen-bond acceptors (Lipinski definition) is 6. The number of nitrogens with one attached hydrogen (secondary N) is 1. The smallest absolute Gasteiger partial charge is 0.251 e. The molecular weight excluding hydrogens is 460 g/mol. The number of para-hydroxylation sites is 1. The lowest BCUT2D eigenvalue weighted by Crippen LogP contribution is -2.42.